The lowest BCUT2D eigenvalue weighted by Crippen LogP contribution is -2.43. The molecule has 0 aliphatic carbocycles. The fourth-order valence-corrected chi connectivity index (χ4v) is 4.61. The molecule has 0 aromatic heterocycles. The Bertz CT molecular complexity index is 501. The van der Waals surface area contributed by atoms with Gasteiger partial charge in [-0.2, -0.15) is 0 Å². The summed E-state index contributed by atoms with van der Waals surface area (Å²) >= 11 is 0. The van der Waals surface area contributed by atoms with Crippen molar-refractivity contribution in [2.24, 2.45) is 5.92 Å². The maximum absolute atomic E-state index is 12.1. The van der Waals surface area contributed by atoms with Crippen LogP contribution in [0.15, 0.2) is 0 Å². The molecule has 0 amide bonds. The van der Waals surface area contributed by atoms with Gasteiger partial charge in [0.15, 0.2) is 6.10 Å². The van der Waals surface area contributed by atoms with E-state index in [1.807, 2.05) is 21.1 Å². The number of carboxylic acid groups (broad SMARTS) is 1. The van der Waals surface area contributed by atoms with Crippen LogP contribution in [0, 0.1) is 5.92 Å². The van der Waals surface area contributed by atoms with Crippen molar-refractivity contribution in [3.05, 3.63) is 0 Å². The SMILES string of the molecule is CCCCCCC(C)CCCCCCCCCCCCCC(=O)OC(CC(=O)O)C[N+](C)(C)C. The zero-order valence-corrected chi connectivity index (χ0v) is 23.4. The van der Waals surface area contributed by atoms with Crippen molar-refractivity contribution in [2.75, 3.05) is 27.7 Å². The minimum atomic E-state index is -0.922. The van der Waals surface area contributed by atoms with Gasteiger partial charge in [0.25, 0.3) is 0 Å². The molecule has 2 unspecified atom stereocenters. The van der Waals surface area contributed by atoms with Gasteiger partial charge in [-0.25, -0.2) is 0 Å². The van der Waals surface area contributed by atoms with Gasteiger partial charge in [-0.05, 0) is 12.3 Å². The Morgan fingerprint density at radius 2 is 1.18 bits per heavy atom. The lowest BCUT2D eigenvalue weighted by molar-refractivity contribution is -0.873. The molecule has 0 saturated carbocycles. The number of rotatable bonds is 24. The third-order valence-electron chi connectivity index (χ3n) is 6.58. The van der Waals surface area contributed by atoms with Crippen molar-refractivity contribution >= 4 is 11.9 Å². The number of carboxylic acids is 1. The topological polar surface area (TPSA) is 63.6 Å². The van der Waals surface area contributed by atoms with E-state index < -0.39 is 12.1 Å². The number of unbranched alkanes of at least 4 members (excludes halogenated alkanes) is 13. The van der Waals surface area contributed by atoms with Crippen LogP contribution >= 0.6 is 0 Å². The Hall–Kier alpha value is -1.10. The van der Waals surface area contributed by atoms with Gasteiger partial charge in [0.1, 0.15) is 6.54 Å². The van der Waals surface area contributed by atoms with Crippen LogP contribution in [0.3, 0.4) is 0 Å². The summed E-state index contributed by atoms with van der Waals surface area (Å²) in [5, 5.41) is 9.04. The number of nitrogens with zero attached hydrogens (tertiary/aromatic N) is 1. The highest BCUT2D eigenvalue weighted by Crippen LogP contribution is 2.18. The van der Waals surface area contributed by atoms with Gasteiger partial charge in [0.2, 0.25) is 0 Å². The smallest absolute Gasteiger partial charge is 0.307 e. The number of aliphatic carboxylic acids is 1. The lowest BCUT2D eigenvalue weighted by Gasteiger charge is -2.28. The molecule has 2 atom stereocenters. The minimum Gasteiger partial charge on any atom is -0.481 e. The first-order chi connectivity index (χ1) is 16.1. The van der Waals surface area contributed by atoms with Crippen molar-refractivity contribution in [3.63, 3.8) is 0 Å². The molecule has 0 bridgehead atoms. The molecular weight excluding hydrogens is 426 g/mol. The Balaban J connectivity index is 3.54. The number of hydrogen-bond donors (Lipinski definition) is 1. The molecule has 0 radical (unpaired) electrons. The average Bonchev–Trinajstić information content (AvgIpc) is 2.72. The fourth-order valence-electron chi connectivity index (χ4n) is 4.61. The largest absolute Gasteiger partial charge is 0.481 e. The number of carbonyl (C=O) groups is 2. The van der Waals surface area contributed by atoms with Crippen molar-refractivity contribution in [1.82, 2.24) is 0 Å². The monoisotopic (exact) mass is 484 g/mol. The molecule has 0 aliphatic rings. The van der Waals surface area contributed by atoms with E-state index in [-0.39, 0.29) is 12.4 Å². The summed E-state index contributed by atoms with van der Waals surface area (Å²) in [6.07, 6.45) is 22.0. The van der Waals surface area contributed by atoms with Gasteiger partial charge >= 0.3 is 11.9 Å². The third-order valence-corrected chi connectivity index (χ3v) is 6.58. The number of quaternary nitrogens is 1. The van der Waals surface area contributed by atoms with Crippen LogP contribution in [-0.4, -0.2) is 55.3 Å². The molecule has 5 nitrogen and oxygen atoms in total. The summed E-state index contributed by atoms with van der Waals surface area (Å²) < 4.78 is 6.01. The number of likely N-dealkylation sites (N-methyl/N-ethyl adjacent to an activating group) is 1. The average molecular weight is 485 g/mol. The first-order valence-electron chi connectivity index (χ1n) is 14.4. The van der Waals surface area contributed by atoms with E-state index in [0.29, 0.717) is 17.4 Å². The highest BCUT2D eigenvalue weighted by molar-refractivity contribution is 5.71. The van der Waals surface area contributed by atoms with Gasteiger partial charge in [0.05, 0.1) is 27.6 Å². The van der Waals surface area contributed by atoms with Gasteiger partial charge in [0, 0.05) is 6.42 Å². The minimum absolute atomic E-state index is 0.125. The Morgan fingerprint density at radius 3 is 1.62 bits per heavy atom. The maximum Gasteiger partial charge on any atom is 0.307 e. The van der Waals surface area contributed by atoms with Crippen molar-refractivity contribution in [1.29, 1.82) is 0 Å². The molecule has 0 rings (SSSR count). The number of hydrogen-bond acceptors (Lipinski definition) is 3. The van der Waals surface area contributed by atoms with Gasteiger partial charge in [-0.3, -0.25) is 9.59 Å². The van der Waals surface area contributed by atoms with Crippen molar-refractivity contribution in [2.45, 2.75) is 142 Å². The molecule has 0 aliphatic heterocycles. The third kappa shape index (κ3) is 24.0. The second-order valence-corrected chi connectivity index (χ2v) is 11.6. The summed E-state index contributed by atoms with van der Waals surface area (Å²) in [6.45, 7) is 5.22. The lowest BCUT2D eigenvalue weighted by atomic mass is 9.96. The highest BCUT2D eigenvalue weighted by Gasteiger charge is 2.24. The summed E-state index contributed by atoms with van der Waals surface area (Å²) in [5.74, 6) is -0.271. The van der Waals surface area contributed by atoms with Crippen LogP contribution in [0.5, 0.6) is 0 Å². The van der Waals surface area contributed by atoms with E-state index >= 15 is 0 Å². The zero-order valence-electron chi connectivity index (χ0n) is 23.4. The molecule has 0 fully saturated rings. The van der Waals surface area contributed by atoms with E-state index in [1.54, 1.807) is 0 Å². The first-order valence-corrected chi connectivity index (χ1v) is 14.4. The van der Waals surface area contributed by atoms with Crippen LogP contribution < -0.4 is 0 Å². The van der Waals surface area contributed by atoms with Crippen LogP contribution in [0.2, 0.25) is 0 Å². The zero-order chi connectivity index (χ0) is 25.7. The summed E-state index contributed by atoms with van der Waals surface area (Å²) in [5.41, 5.74) is 0. The first kappa shape index (κ1) is 32.9. The van der Waals surface area contributed by atoms with E-state index in [4.69, 9.17) is 9.84 Å². The maximum atomic E-state index is 12.1. The van der Waals surface area contributed by atoms with E-state index in [0.717, 1.165) is 18.8 Å². The Labute approximate surface area is 211 Å². The van der Waals surface area contributed by atoms with E-state index in [9.17, 15) is 9.59 Å². The summed E-state index contributed by atoms with van der Waals surface area (Å²) in [7, 11) is 5.92. The number of ether oxygens (including phenoxy) is 1. The second kappa shape index (κ2) is 21.2. The van der Waals surface area contributed by atoms with Crippen LogP contribution in [0.4, 0.5) is 0 Å². The summed E-state index contributed by atoms with van der Waals surface area (Å²) in [4.78, 5) is 23.1. The number of esters is 1. The van der Waals surface area contributed by atoms with Crippen molar-refractivity contribution in [3.8, 4) is 0 Å². The highest BCUT2D eigenvalue weighted by atomic mass is 16.5. The van der Waals surface area contributed by atoms with Gasteiger partial charge < -0.3 is 14.3 Å². The van der Waals surface area contributed by atoms with E-state index in [2.05, 4.69) is 13.8 Å². The molecule has 0 aromatic carbocycles. The molecule has 0 spiro atoms. The molecule has 0 saturated heterocycles. The summed E-state index contributed by atoms with van der Waals surface area (Å²) in [6, 6.07) is 0. The molecule has 0 aromatic rings. The van der Waals surface area contributed by atoms with Gasteiger partial charge in [-0.15, -0.1) is 0 Å². The predicted molar refractivity (Wildman–Crippen MR) is 143 cm³/mol. The standard InChI is InChI=1S/C29H57NO4/c1-6-7-8-18-21-26(2)22-19-16-14-12-10-9-11-13-15-17-20-23-29(33)34-27(24-28(31)32)25-30(3,4)5/h26-27H,6-25H2,1-5H3/p+1. The van der Waals surface area contributed by atoms with E-state index in [1.165, 1.54) is 96.3 Å². The predicted octanol–water partition coefficient (Wildman–Crippen LogP) is 7.76. The van der Waals surface area contributed by atoms with Crippen LogP contribution in [-0.2, 0) is 14.3 Å². The fraction of sp³-hybridized carbons (Fsp3) is 0.931. The number of carbonyl (C=O) groups excluding carboxylic acids is 1. The molecular formula is C29H58NO4+. The second-order valence-electron chi connectivity index (χ2n) is 11.6. The van der Waals surface area contributed by atoms with Crippen LogP contribution in [0.25, 0.3) is 0 Å². The molecule has 5 heteroatoms. The Morgan fingerprint density at radius 1 is 0.735 bits per heavy atom. The Kier molecular flexibility index (Phi) is 20.5. The quantitative estimate of drug-likeness (QED) is 0.0863. The molecule has 34 heavy (non-hydrogen) atoms. The normalized spacial score (nSPS) is 13.6. The molecule has 202 valence electrons. The van der Waals surface area contributed by atoms with Crippen molar-refractivity contribution < 1.29 is 23.9 Å². The molecule has 1 N–H and O–H groups in total. The van der Waals surface area contributed by atoms with Crippen LogP contribution in [0.1, 0.15) is 136 Å². The van der Waals surface area contributed by atoms with Gasteiger partial charge in [-0.1, -0.05) is 117 Å². The molecule has 0 heterocycles.